The van der Waals surface area contributed by atoms with Crippen LogP contribution in [0, 0.1) is 0 Å². The van der Waals surface area contributed by atoms with Crippen LogP contribution < -0.4 is 5.32 Å². The summed E-state index contributed by atoms with van der Waals surface area (Å²) in [6.45, 7) is 1.91. The van der Waals surface area contributed by atoms with Crippen LogP contribution in [0.3, 0.4) is 0 Å². The van der Waals surface area contributed by atoms with Gasteiger partial charge in [-0.1, -0.05) is 23.7 Å². The van der Waals surface area contributed by atoms with Crippen LogP contribution in [0.4, 0.5) is 0 Å². The molecule has 3 aromatic rings. The third kappa shape index (κ3) is 3.41. The number of imidazole rings is 1. The Balaban J connectivity index is 1.71. The molecule has 0 aliphatic heterocycles. The number of carbonyl (C=O) groups is 1. The van der Waals surface area contributed by atoms with Crippen molar-refractivity contribution in [3.63, 3.8) is 0 Å². The van der Waals surface area contributed by atoms with Gasteiger partial charge in [-0.05, 0) is 42.8 Å². The number of carbonyl (C=O) groups excluding carboxylic acids is 1. The van der Waals surface area contributed by atoms with Crippen molar-refractivity contribution >= 4 is 17.5 Å². The van der Waals surface area contributed by atoms with Crippen LogP contribution in [0.15, 0.2) is 61.2 Å². The number of hydrogen-bond donors (Lipinski definition) is 2. The van der Waals surface area contributed by atoms with Crippen molar-refractivity contribution in [3.05, 3.63) is 77.3 Å². The molecule has 1 amide bonds. The summed E-state index contributed by atoms with van der Waals surface area (Å²) in [7, 11) is 0. The Morgan fingerprint density at radius 1 is 1.25 bits per heavy atom. The van der Waals surface area contributed by atoms with Gasteiger partial charge < -0.3 is 15.0 Å². The van der Waals surface area contributed by atoms with E-state index in [1.807, 2.05) is 42.0 Å². The number of nitrogens with zero attached hydrogens (tertiary/aromatic N) is 2. The molecule has 6 heteroatoms. The molecule has 2 N–H and O–H groups in total. The van der Waals surface area contributed by atoms with Crippen molar-refractivity contribution in [2.75, 3.05) is 0 Å². The van der Waals surface area contributed by atoms with Crippen LogP contribution in [0.2, 0.25) is 5.02 Å². The number of phenols is 1. The first-order valence-electron chi connectivity index (χ1n) is 7.42. The van der Waals surface area contributed by atoms with E-state index in [1.54, 1.807) is 12.5 Å². The average Bonchev–Trinajstić information content (AvgIpc) is 3.12. The van der Waals surface area contributed by atoms with Crippen LogP contribution in [0.1, 0.15) is 28.9 Å². The first-order valence-corrected chi connectivity index (χ1v) is 7.80. The second-order valence-corrected chi connectivity index (χ2v) is 5.83. The Bertz CT molecular complexity index is 845. The lowest BCUT2D eigenvalue weighted by Gasteiger charge is -2.15. The number of hydrogen-bond acceptors (Lipinski definition) is 3. The number of aromatic nitrogens is 2. The van der Waals surface area contributed by atoms with Gasteiger partial charge >= 0.3 is 0 Å². The quantitative estimate of drug-likeness (QED) is 0.760. The molecule has 0 saturated carbocycles. The molecule has 1 atom stereocenters. The molecule has 0 aliphatic rings. The molecule has 1 aromatic heterocycles. The maximum atomic E-state index is 12.3. The van der Waals surface area contributed by atoms with Crippen LogP contribution in [-0.2, 0) is 0 Å². The van der Waals surface area contributed by atoms with Crippen molar-refractivity contribution in [1.82, 2.24) is 14.9 Å². The normalized spacial score (nSPS) is 11.9. The van der Waals surface area contributed by atoms with Gasteiger partial charge in [-0.25, -0.2) is 4.98 Å². The van der Waals surface area contributed by atoms with Crippen molar-refractivity contribution < 1.29 is 9.90 Å². The molecule has 0 bridgehead atoms. The van der Waals surface area contributed by atoms with E-state index in [0.717, 1.165) is 11.3 Å². The number of aromatic hydroxyl groups is 1. The Morgan fingerprint density at radius 3 is 2.62 bits per heavy atom. The molecule has 5 nitrogen and oxygen atoms in total. The minimum absolute atomic E-state index is 0.0450. The molecule has 2 aromatic carbocycles. The summed E-state index contributed by atoms with van der Waals surface area (Å²) in [6, 6.07) is 12.1. The number of nitrogens with one attached hydrogen (secondary N) is 1. The second-order valence-electron chi connectivity index (χ2n) is 5.42. The number of phenolic OH excluding ortho intramolecular Hbond substituents is 1. The molecule has 122 valence electrons. The Hall–Kier alpha value is -2.79. The van der Waals surface area contributed by atoms with E-state index in [0.29, 0.717) is 5.56 Å². The van der Waals surface area contributed by atoms with Crippen molar-refractivity contribution in [2.24, 2.45) is 0 Å². The standard InChI is InChI=1S/C18H16ClN3O2/c1-12(21-18(24)14-4-7-17(23)16(19)10-14)13-2-5-15(6-3-13)22-9-8-20-11-22/h2-12,23H,1H3,(H,21,24)/t12-/m0/s1. The number of rotatable bonds is 4. The monoisotopic (exact) mass is 341 g/mol. The van der Waals surface area contributed by atoms with Crippen LogP contribution in [0.5, 0.6) is 5.75 Å². The highest BCUT2D eigenvalue weighted by molar-refractivity contribution is 6.32. The fraction of sp³-hybridized carbons (Fsp3) is 0.111. The minimum Gasteiger partial charge on any atom is -0.506 e. The number of halogens is 1. The number of benzene rings is 2. The van der Waals surface area contributed by atoms with E-state index in [2.05, 4.69) is 10.3 Å². The third-order valence-corrected chi connectivity index (χ3v) is 4.06. The molecule has 0 saturated heterocycles. The zero-order valence-corrected chi connectivity index (χ0v) is 13.7. The summed E-state index contributed by atoms with van der Waals surface area (Å²) in [5.74, 6) is -0.292. The summed E-state index contributed by atoms with van der Waals surface area (Å²) in [6.07, 6.45) is 5.32. The highest BCUT2D eigenvalue weighted by Crippen LogP contribution is 2.24. The van der Waals surface area contributed by atoms with Gasteiger partial charge in [0.25, 0.3) is 5.91 Å². The van der Waals surface area contributed by atoms with Crippen LogP contribution in [-0.4, -0.2) is 20.6 Å². The van der Waals surface area contributed by atoms with Gasteiger partial charge in [0.1, 0.15) is 5.75 Å². The van der Waals surface area contributed by atoms with Gasteiger partial charge in [0.05, 0.1) is 17.4 Å². The van der Waals surface area contributed by atoms with Crippen molar-refractivity contribution in [2.45, 2.75) is 13.0 Å². The van der Waals surface area contributed by atoms with E-state index in [-0.39, 0.29) is 22.7 Å². The lowest BCUT2D eigenvalue weighted by Crippen LogP contribution is -2.26. The summed E-state index contributed by atoms with van der Waals surface area (Å²) in [5.41, 5.74) is 2.39. The Labute approximate surface area is 144 Å². The largest absolute Gasteiger partial charge is 0.506 e. The highest BCUT2D eigenvalue weighted by atomic mass is 35.5. The topological polar surface area (TPSA) is 67.2 Å². The second kappa shape index (κ2) is 6.76. The Morgan fingerprint density at radius 2 is 2.00 bits per heavy atom. The highest BCUT2D eigenvalue weighted by Gasteiger charge is 2.13. The molecule has 3 rings (SSSR count). The summed E-state index contributed by atoms with van der Waals surface area (Å²) >= 11 is 5.84. The lowest BCUT2D eigenvalue weighted by molar-refractivity contribution is 0.0940. The predicted molar refractivity (Wildman–Crippen MR) is 92.6 cm³/mol. The molecule has 1 heterocycles. The third-order valence-electron chi connectivity index (χ3n) is 3.75. The SMILES string of the molecule is C[C@H](NC(=O)c1ccc(O)c(Cl)c1)c1ccc(-n2ccnc2)cc1. The Kier molecular flexibility index (Phi) is 4.53. The maximum Gasteiger partial charge on any atom is 0.251 e. The molecular formula is C18H16ClN3O2. The summed E-state index contributed by atoms with van der Waals surface area (Å²) < 4.78 is 1.91. The van der Waals surface area contributed by atoms with Gasteiger partial charge in [-0.3, -0.25) is 4.79 Å². The molecule has 0 fully saturated rings. The first kappa shape index (κ1) is 16.1. The molecule has 24 heavy (non-hydrogen) atoms. The maximum absolute atomic E-state index is 12.3. The number of amides is 1. The molecule has 0 spiro atoms. The van der Waals surface area contributed by atoms with E-state index >= 15 is 0 Å². The van der Waals surface area contributed by atoms with E-state index in [9.17, 15) is 9.90 Å². The van der Waals surface area contributed by atoms with Crippen LogP contribution >= 0.6 is 11.6 Å². The van der Waals surface area contributed by atoms with E-state index in [1.165, 1.54) is 18.2 Å². The van der Waals surface area contributed by atoms with E-state index in [4.69, 9.17) is 11.6 Å². The van der Waals surface area contributed by atoms with Crippen molar-refractivity contribution in [1.29, 1.82) is 0 Å². The van der Waals surface area contributed by atoms with Gasteiger partial charge in [0, 0.05) is 23.6 Å². The minimum atomic E-state index is -0.247. The molecule has 0 aliphatic carbocycles. The molecular weight excluding hydrogens is 326 g/mol. The van der Waals surface area contributed by atoms with Crippen molar-refractivity contribution in [3.8, 4) is 11.4 Å². The van der Waals surface area contributed by atoms with E-state index < -0.39 is 0 Å². The van der Waals surface area contributed by atoms with Crippen LogP contribution in [0.25, 0.3) is 5.69 Å². The fourth-order valence-electron chi connectivity index (χ4n) is 2.36. The first-order chi connectivity index (χ1) is 11.5. The molecule has 0 radical (unpaired) electrons. The summed E-state index contributed by atoms with van der Waals surface area (Å²) in [5, 5.41) is 12.5. The fourth-order valence-corrected chi connectivity index (χ4v) is 2.54. The zero-order valence-electron chi connectivity index (χ0n) is 13.0. The smallest absolute Gasteiger partial charge is 0.251 e. The van der Waals surface area contributed by atoms with Gasteiger partial charge in [0.2, 0.25) is 0 Å². The molecule has 0 unspecified atom stereocenters. The predicted octanol–water partition coefficient (Wildman–Crippen LogP) is 3.72. The summed E-state index contributed by atoms with van der Waals surface area (Å²) in [4.78, 5) is 16.3. The lowest BCUT2D eigenvalue weighted by atomic mass is 10.1. The van der Waals surface area contributed by atoms with Gasteiger partial charge in [0.15, 0.2) is 0 Å². The van der Waals surface area contributed by atoms with Gasteiger partial charge in [-0.2, -0.15) is 0 Å². The van der Waals surface area contributed by atoms with Gasteiger partial charge in [-0.15, -0.1) is 0 Å². The zero-order chi connectivity index (χ0) is 17.1. The average molecular weight is 342 g/mol.